The molecular formula is C22H31NO. The normalized spacial score (nSPS) is 11.1. The molecular weight excluding hydrogens is 294 g/mol. The average Bonchev–Trinajstić information content (AvgIpc) is 2.62. The van der Waals surface area contributed by atoms with Crippen molar-refractivity contribution >= 4 is 5.78 Å². The second-order valence-corrected chi connectivity index (χ2v) is 6.18. The molecule has 2 nitrogen and oxygen atoms in total. The highest BCUT2D eigenvalue weighted by molar-refractivity contribution is 6.04. The third-order valence-electron chi connectivity index (χ3n) is 4.08. The van der Waals surface area contributed by atoms with Gasteiger partial charge in [0, 0.05) is 17.3 Å². The summed E-state index contributed by atoms with van der Waals surface area (Å²) in [6, 6.07) is 9.36. The summed E-state index contributed by atoms with van der Waals surface area (Å²) in [4.78, 5) is 12.3. The van der Waals surface area contributed by atoms with Crippen LogP contribution in [0.1, 0.15) is 75.1 Å². The summed E-state index contributed by atoms with van der Waals surface area (Å²) in [6.07, 6.45) is 18.2. The van der Waals surface area contributed by atoms with Crippen molar-refractivity contribution in [3.8, 4) is 12.3 Å². The number of hydrogen-bond donors (Lipinski definition) is 1. The number of nitrogens with one attached hydrogen (secondary N) is 1. The predicted octanol–water partition coefficient (Wildman–Crippen LogP) is 5.51. The van der Waals surface area contributed by atoms with Gasteiger partial charge in [-0.1, -0.05) is 88.1 Å². The minimum atomic E-state index is 0.0367. The number of rotatable bonds is 13. The number of terminal acetylenes is 1. The monoisotopic (exact) mass is 325 g/mol. The Morgan fingerprint density at radius 3 is 2.29 bits per heavy atom. The van der Waals surface area contributed by atoms with E-state index in [4.69, 9.17) is 6.42 Å². The quantitative estimate of drug-likeness (QED) is 0.224. The molecule has 0 aliphatic heterocycles. The smallest absolute Gasteiger partial charge is 0.187 e. The standard InChI is InChI=1S/C22H31NO/c1-3-5-6-7-8-9-10-14-17-21(23-18-4-2)19-22(24)20-15-12-11-13-16-20/h2,11-13,15-16,19,23H,3,5-10,14,17-18H2,1H3. The van der Waals surface area contributed by atoms with Crippen LogP contribution in [0.15, 0.2) is 42.1 Å². The summed E-state index contributed by atoms with van der Waals surface area (Å²) in [7, 11) is 0. The molecule has 0 unspecified atom stereocenters. The third kappa shape index (κ3) is 9.20. The fourth-order valence-electron chi connectivity index (χ4n) is 2.67. The maximum absolute atomic E-state index is 12.3. The van der Waals surface area contributed by atoms with E-state index < -0.39 is 0 Å². The number of ketones is 1. The fraction of sp³-hybridized carbons (Fsp3) is 0.500. The first-order valence-electron chi connectivity index (χ1n) is 9.25. The Labute approximate surface area is 147 Å². The topological polar surface area (TPSA) is 29.1 Å². The Morgan fingerprint density at radius 2 is 1.67 bits per heavy atom. The van der Waals surface area contributed by atoms with E-state index in [9.17, 15) is 4.79 Å². The van der Waals surface area contributed by atoms with E-state index in [1.807, 2.05) is 30.3 Å². The summed E-state index contributed by atoms with van der Waals surface area (Å²) in [5, 5.41) is 3.19. The van der Waals surface area contributed by atoms with Crippen molar-refractivity contribution in [2.75, 3.05) is 6.54 Å². The average molecular weight is 325 g/mol. The Bertz CT molecular complexity index is 525. The van der Waals surface area contributed by atoms with E-state index in [2.05, 4.69) is 18.2 Å². The molecule has 1 rings (SSSR count). The number of unbranched alkanes of at least 4 members (excludes halogenated alkanes) is 7. The first-order valence-corrected chi connectivity index (χ1v) is 9.25. The number of carbonyl (C=O) groups is 1. The van der Waals surface area contributed by atoms with Crippen molar-refractivity contribution in [3.63, 3.8) is 0 Å². The van der Waals surface area contributed by atoms with E-state index in [0.29, 0.717) is 12.1 Å². The number of carbonyl (C=O) groups excluding carboxylic acids is 1. The lowest BCUT2D eigenvalue weighted by molar-refractivity contribution is 0.104. The summed E-state index contributed by atoms with van der Waals surface area (Å²) in [5.41, 5.74) is 1.67. The molecule has 0 heterocycles. The highest BCUT2D eigenvalue weighted by Gasteiger charge is 2.04. The van der Waals surface area contributed by atoms with Gasteiger partial charge in [-0.05, 0) is 12.8 Å². The molecule has 0 aromatic heterocycles. The highest BCUT2D eigenvalue weighted by Crippen LogP contribution is 2.13. The molecule has 1 N–H and O–H groups in total. The number of benzene rings is 1. The lowest BCUT2D eigenvalue weighted by atomic mass is 10.0. The maximum Gasteiger partial charge on any atom is 0.187 e. The summed E-state index contributed by atoms with van der Waals surface area (Å²) < 4.78 is 0. The van der Waals surface area contributed by atoms with E-state index in [1.165, 1.54) is 44.9 Å². The van der Waals surface area contributed by atoms with Crippen LogP contribution in [0, 0.1) is 12.3 Å². The van der Waals surface area contributed by atoms with Crippen LogP contribution >= 0.6 is 0 Å². The number of hydrogen-bond acceptors (Lipinski definition) is 2. The molecule has 1 aromatic carbocycles. The van der Waals surface area contributed by atoms with Gasteiger partial charge in [0.25, 0.3) is 0 Å². The molecule has 0 aliphatic carbocycles. The lowest BCUT2D eigenvalue weighted by Gasteiger charge is -2.09. The van der Waals surface area contributed by atoms with E-state index in [1.54, 1.807) is 6.08 Å². The molecule has 0 atom stereocenters. The molecule has 0 bridgehead atoms. The zero-order chi connectivity index (χ0) is 17.5. The van der Waals surface area contributed by atoms with Crippen molar-refractivity contribution in [1.82, 2.24) is 5.32 Å². The molecule has 0 fully saturated rings. The van der Waals surface area contributed by atoms with Crippen LogP contribution in [0.4, 0.5) is 0 Å². The van der Waals surface area contributed by atoms with Gasteiger partial charge in [0.2, 0.25) is 0 Å². The third-order valence-corrected chi connectivity index (χ3v) is 4.08. The van der Waals surface area contributed by atoms with Gasteiger partial charge in [0.05, 0.1) is 6.54 Å². The second-order valence-electron chi connectivity index (χ2n) is 6.18. The molecule has 0 radical (unpaired) electrons. The summed E-state index contributed by atoms with van der Waals surface area (Å²) in [5.74, 6) is 2.61. The molecule has 0 amide bonds. The zero-order valence-electron chi connectivity index (χ0n) is 15.0. The lowest BCUT2D eigenvalue weighted by Crippen LogP contribution is -2.15. The molecule has 2 heteroatoms. The van der Waals surface area contributed by atoms with Gasteiger partial charge in [0.1, 0.15) is 0 Å². The second kappa shape index (κ2) is 13.4. The van der Waals surface area contributed by atoms with E-state index >= 15 is 0 Å². The van der Waals surface area contributed by atoms with Gasteiger partial charge in [-0.15, -0.1) is 6.42 Å². The molecule has 0 aliphatic rings. The Kier molecular flexibility index (Phi) is 11.2. The van der Waals surface area contributed by atoms with Crippen LogP contribution in [0.5, 0.6) is 0 Å². The van der Waals surface area contributed by atoms with Gasteiger partial charge in [-0.3, -0.25) is 4.79 Å². The van der Waals surface area contributed by atoms with Crippen LogP contribution in [0.25, 0.3) is 0 Å². The molecule has 24 heavy (non-hydrogen) atoms. The van der Waals surface area contributed by atoms with Crippen LogP contribution in [0.2, 0.25) is 0 Å². The molecule has 1 aromatic rings. The van der Waals surface area contributed by atoms with Gasteiger partial charge in [-0.25, -0.2) is 0 Å². The first kappa shape index (κ1) is 20.0. The van der Waals surface area contributed by atoms with Gasteiger partial charge in [-0.2, -0.15) is 0 Å². The predicted molar refractivity (Wildman–Crippen MR) is 103 cm³/mol. The van der Waals surface area contributed by atoms with E-state index in [-0.39, 0.29) is 5.78 Å². The Balaban J connectivity index is 2.38. The minimum absolute atomic E-state index is 0.0367. The van der Waals surface area contributed by atoms with Crippen molar-refractivity contribution in [1.29, 1.82) is 0 Å². The largest absolute Gasteiger partial charge is 0.377 e. The number of allylic oxidation sites excluding steroid dienone is 2. The van der Waals surface area contributed by atoms with Crippen LogP contribution in [-0.2, 0) is 0 Å². The van der Waals surface area contributed by atoms with Gasteiger partial charge < -0.3 is 5.32 Å². The zero-order valence-corrected chi connectivity index (χ0v) is 15.0. The molecule has 0 spiro atoms. The fourth-order valence-corrected chi connectivity index (χ4v) is 2.67. The van der Waals surface area contributed by atoms with Crippen molar-refractivity contribution in [3.05, 3.63) is 47.7 Å². The van der Waals surface area contributed by atoms with Crippen molar-refractivity contribution in [2.24, 2.45) is 0 Å². The van der Waals surface area contributed by atoms with Crippen molar-refractivity contribution in [2.45, 2.75) is 64.7 Å². The summed E-state index contributed by atoms with van der Waals surface area (Å²) >= 11 is 0. The van der Waals surface area contributed by atoms with E-state index in [0.717, 1.165) is 18.5 Å². The van der Waals surface area contributed by atoms with Gasteiger partial charge in [0.15, 0.2) is 5.78 Å². The molecule has 0 saturated heterocycles. The highest BCUT2D eigenvalue weighted by atomic mass is 16.1. The summed E-state index contributed by atoms with van der Waals surface area (Å²) in [6.45, 7) is 2.71. The molecule has 0 saturated carbocycles. The van der Waals surface area contributed by atoms with Crippen LogP contribution in [0.3, 0.4) is 0 Å². The molecule has 130 valence electrons. The Hall–Kier alpha value is -2.01. The maximum atomic E-state index is 12.3. The van der Waals surface area contributed by atoms with Crippen LogP contribution in [-0.4, -0.2) is 12.3 Å². The van der Waals surface area contributed by atoms with Crippen molar-refractivity contribution < 1.29 is 4.79 Å². The van der Waals surface area contributed by atoms with Gasteiger partial charge >= 0.3 is 0 Å². The Morgan fingerprint density at radius 1 is 1.04 bits per heavy atom. The SMILES string of the molecule is C#CCNC(=CC(=O)c1ccccc1)CCCCCCCCCC. The van der Waals surface area contributed by atoms with Crippen LogP contribution < -0.4 is 5.32 Å². The first-order chi connectivity index (χ1) is 11.8. The minimum Gasteiger partial charge on any atom is -0.377 e.